The van der Waals surface area contributed by atoms with Gasteiger partial charge in [-0.3, -0.25) is 0 Å². The number of aromatic carboxylic acids is 1. The standard InChI is InChI=1S/C18H13FN4O3/c1-26-17-15(11-2-3-12(8-20)14(6-11)7-19)10-22-23(17)16-5-4-13(9-21-16)18(24)25/h2-6,9-10H,7H2,1H3,(H,24,25). The van der Waals surface area contributed by atoms with E-state index in [0.29, 0.717) is 22.8 Å². The molecule has 3 aromatic rings. The van der Waals surface area contributed by atoms with Gasteiger partial charge in [0.25, 0.3) is 0 Å². The molecule has 26 heavy (non-hydrogen) atoms. The van der Waals surface area contributed by atoms with Crippen LogP contribution in [0.5, 0.6) is 5.88 Å². The molecule has 0 amide bonds. The summed E-state index contributed by atoms with van der Waals surface area (Å²) in [6, 6.07) is 9.67. The number of hydrogen-bond acceptors (Lipinski definition) is 5. The summed E-state index contributed by atoms with van der Waals surface area (Å²) in [5.41, 5.74) is 1.84. The number of alkyl halides is 1. The number of rotatable bonds is 5. The third kappa shape index (κ3) is 2.98. The summed E-state index contributed by atoms with van der Waals surface area (Å²) in [6.45, 7) is -0.759. The van der Waals surface area contributed by atoms with Crippen molar-refractivity contribution in [2.45, 2.75) is 6.67 Å². The van der Waals surface area contributed by atoms with Crippen molar-refractivity contribution in [1.29, 1.82) is 5.26 Å². The van der Waals surface area contributed by atoms with Gasteiger partial charge in [-0.1, -0.05) is 6.07 Å². The van der Waals surface area contributed by atoms with Gasteiger partial charge in [-0.2, -0.15) is 15.0 Å². The number of benzene rings is 1. The first kappa shape index (κ1) is 17.1. The van der Waals surface area contributed by atoms with Gasteiger partial charge < -0.3 is 9.84 Å². The van der Waals surface area contributed by atoms with E-state index in [1.165, 1.54) is 36.3 Å². The minimum Gasteiger partial charge on any atom is -0.480 e. The van der Waals surface area contributed by atoms with E-state index >= 15 is 0 Å². The summed E-state index contributed by atoms with van der Waals surface area (Å²) in [6.07, 6.45) is 2.76. The lowest BCUT2D eigenvalue weighted by Gasteiger charge is -2.09. The Morgan fingerprint density at radius 2 is 2.15 bits per heavy atom. The van der Waals surface area contributed by atoms with E-state index < -0.39 is 12.6 Å². The average molecular weight is 352 g/mol. The number of nitrogens with zero attached hydrogens (tertiary/aromatic N) is 4. The quantitative estimate of drug-likeness (QED) is 0.757. The molecule has 0 bridgehead atoms. The minimum atomic E-state index is -1.08. The summed E-state index contributed by atoms with van der Waals surface area (Å²) in [7, 11) is 1.46. The van der Waals surface area contributed by atoms with Crippen LogP contribution < -0.4 is 4.74 Å². The van der Waals surface area contributed by atoms with Crippen LogP contribution in [0.2, 0.25) is 0 Å². The van der Waals surface area contributed by atoms with Crippen LogP contribution in [-0.4, -0.2) is 33.0 Å². The third-order valence-corrected chi connectivity index (χ3v) is 3.81. The molecule has 0 unspecified atom stereocenters. The maximum Gasteiger partial charge on any atom is 0.337 e. The van der Waals surface area contributed by atoms with Crippen LogP contribution in [-0.2, 0) is 6.67 Å². The topological polar surface area (TPSA) is 101 Å². The Morgan fingerprint density at radius 3 is 2.73 bits per heavy atom. The molecule has 8 heteroatoms. The van der Waals surface area contributed by atoms with E-state index in [2.05, 4.69) is 10.1 Å². The SMILES string of the molecule is COc1c(-c2ccc(C#N)c(CF)c2)cnn1-c1ccc(C(=O)O)cn1. The van der Waals surface area contributed by atoms with Crippen molar-refractivity contribution in [3.8, 4) is 28.9 Å². The maximum atomic E-state index is 13.2. The average Bonchev–Trinajstić information content (AvgIpc) is 3.11. The zero-order chi connectivity index (χ0) is 18.7. The van der Waals surface area contributed by atoms with Gasteiger partial charge in [0.05, 0.1) is 36.1 Å². The van der Waals surface area contributed by atoms with E-state index in [1.54, 1.807) is 18.2 Å². The highest BCUT2D eigenvalue weighted by molar-refractivity contribution is 5.87. The van der Waals surface area contributed by atoms with Crippen molar-refractivity contribution in [1.82, 2.24) is 14.8 Å². The van der Waals surface area contributed by atoms with Crippen LogP contribution in [0.1, 0.15) is 21.5 Å². The lowest BCUT2D eigenvalue weighted by molar-refractivity contribution is 0.0696. The summed E-state index contributed by atoms with van der Waals surface area (Å²) < 4.78 is 20.0. The largest absolute Gasteiger partial charge is 0.480 e. The third-order valence-electron chi connectivity index (χ3n) is 3.81. The number of carboxylic acids is 1. The van der Waals surface area contributed by atoms with E-state index in [-0.39, 0.29) is 16.7 Å². The first-order valence-electron chi connectivity index (χ1n) is 7.50. The lowest BCUT2D eigenvalue weighted by Crippen LogP contribution is -2.04. The van der Waals surface area contributed by atoms with Crippen molar-refractivity contribution >= 4 is 5.97 Å². The number of nitriles is 1. The van der Waals surface area contributed by atoms with Crippen LogP contribution in [0, 0.1) is 11.3 Å². The molecule has 0 spiro atoms. The number of carbonyl (C=O) groups is 1. The Bertz CT molecular complexity index is 1010. The fraction of sp³-hybridized carbons (Fsp3) is 0.111. The second-order valence-corrected chi connectivity index (χ2v) is 5.31. The molecule has 2 heterocycles. The number of carboxylic acid groups (broad SMARTS) is 1. The molecule has 1 aromatic carbocycles. The van der Waals surface area contributed by atoms with Crippen LogP contribution in [0.25, 0.3) is 16.9 Å². The van der Waals surface area contributed by atoms with Gasteiger partial charge in [0.2, 0.25) is 5.88 Å². The molecule has 7 nitrogen and oxygen atoms in total. The summed E-state index contributed by atoms with van der Waals surface area (Å²) in [4.78, 5) is 15.0. The molecule has 0 aliphatic carbocycles. The molecule has 0 fully saturated rings. The van der Waals surface area contributed by atoms with E-state index in [9.17, 15) is 9.18 Å². The van der Waals surface area contributed by atoms with Crippen LogP contribution in [0.15, 0.2) is 42.7 Å². The first-order chi connectivity index (χ1) is 12.6. The number of halogens is 1. The van der Waals surface area contributed by atoms with Crippen molar-refractivity contribution in [2.75, 3.05) is 7.11 Å². The van der Waals surface area contributed by atoms with Gasteiger partial charge >= 0.3 is 5.97 Å². The normalized spacial score (nSPS) is 10.3. The van der Waals surface area contributed by atoms with Gasteiger partial charge in [0.15, 0.2) is 5.82 Å². The molecular weight excluding hydrogens is 339 g/mol. The second-order valence-electron chi connectivity index (χ2n) is 5.31. The fourth-order valence-corrected chi connectivity index (χ4v) is 2.51. The van der Waals surface area contributed by atoms with Crippen LogP contribution in [0.4, 0.5) is 4.39 Å². The van der Waals surface area contributed by atoms with Crippen LogP contribution in [0.3, 0.4) is 0 Å². The molecular formula is C18H13FN4O3. The van der Waals surface area contributed by atoms with Crippen molar-refractivity contribution in [3.63, 3.8) is 0 Å². The highest BCUT2D eigenvalue weighted by Gasteiger charge is 2.17. The number of methoxy groups -OCH3 is 1. The summed E-state index contributed by atoms with van der Waals surface area (Å²) in [5, 5.41) is 22.2. The highest BCUT2D eigenvalue weighted by atomic mass is 19.1. The number of pyridine rings is 1. The van der Waals surface area contributed by atoms with E-state index in [0.717, 1.165) is 0 Å². The molecule has 0 saturated heterocycles. The Kier molecular flexibility index (Phi) is 4.62. The monoisotopic (exact) mass is 352 g/mol. The van der Waals surface area contributed by atoms with Crippen molar-refractivity contribution in [3.05, 3.63) is 59.4 Å². The van der Waals surface area contributed by atoms with Gasteiger partial charge in [-0.05, 0) is 29.8 Å². The minimum absolute atomic E-state index is 0.0553. The molecule has 0 aliphatic heterocycles. The predicted molar refractivity (Wildman–Crippen MR) is 89.8 cm³/mol. The Balaban J connectivity index is 2.06. The fourth-order valence-electron chi connectivity index (χ4n) is 2.51. The molecule has 2 aromatic heterocycles. The summed E-state index contributed by atoms with van der Waals surface area (Å²) in [5.74, 6) is -0.346. The zero-order valence-corrected chi connectivity index (χ0v) is 13.7. The molecule has 0 radical (unpaired) electrons. The Hall–Kier alpha value is -3.73. The lowest BCUT2D eigenvalue weighted by atomic mass is 10.0. The molecule has 0 saturated carbocycles. The Morgan fingerprint density at radius 1 is 1.35 bits per heavy atom. The first-order valence-corrected chi connectivity index (χ1v) is 7.50. The molecule has 0 aliphatic rings. The molecule has 0 atom stereocenters. The van der Waals surface area contributed by atoms with Gasteiger partial charge in [-0.15, -0.1) is 0 Å². The smallest absolute Gasteiger partial charge is 0.337 e. The van der Waals surface area contributed by atoms with E-state index in [1.807, 2.05) is 6.07 Å². The predicted octanol–water partition coefficient (Wildman–Crippen LogP) is 2.98. The van der Waals surface area contributed by atoms with E-state index in [4.69, 9.17) is 15.1 Å². The maximum absolute atomic E-state index is 13.2. The second kappa shape index (κ2) is 7.03. The molecule has 1 N–H and O–H groups in total. The Labute approximate surface area is 147 Å². The zero-order valence-electron chi connectivity index (χ0n) is 13.7. The summed E-state index contributed by atoms with van der Waals surface area (Å²) >= 11 is 0. The highest BCUT2D eigenvalue weighted by Crippen LogP contribution is 2.32. The number of hydrogen-bond donors (Lipinski definition) is 1. The van der Waals surface area contributed by atoms with Crippen LogP contribution >= 0.6 is 0 Å². The van der Waals surface area contributed by atoms with Gasteiger partial charge in [-0.25, -0.2) is 14.2 Å². The molecule has 130 valence electrons. The van der Waals surface area contributed by atoms with Crippen molar-refractivity contribution < 1.29 is 19.0 Å². The molecule has 3 rings (SSSR count). The van der Waals surface area contributed by atoms with Gasteiger partial charge in [0.1, 0.15) is 6.67 Å². The number of aromatic nitrogens is 3. The van der Waals surface area contributed by atoms with Crippen molar-refractivity contribution in [2.24, 2.45) is 0 Å². The number of ether oxygens (including phenoxy) is 1. The van der Waals surface area contributed by atoms with Gasteiger partial charge in [0, 0.05) is 11.8 Å².